The van der Waals surface area contributed by atoms with Gasteiger partial charge in [0.05, 0.1) is 0 Å². The van der Waals surface area contributed by atoms with Gasteiger partial charge in [-0.15, -0.1) is 0 Å². The summed E-state index contributed by atoms with van der Waals surface area (Å²) in [6, 6.07) is 0. The van der Waals surface area contributed by atoms with Gasteiger partial charge in [-0.1, -0.05) is 0 Å². The van der Waals surface area contributed by atoms with Crippen LogP contribution in [-0.4, -0.2) is 7.25 Å². The van der Waals surface area contributed by atoms with Crippen LogP contribution in [0.2, 0.25) is 0 Å². The maximum absolute atomic E-state index is 9.75. The molecular formula is BF4FeLi2O4P. The van der Waals surface area contributed by atoms with E-state index in [2.05, 4.69) is 0 Å². The third-order valence-electron chi connectivity index (χ3n) is 0. The number of phosphoric acid groups is 1. The average molecular weight is 252 g/mol. The van der Waals surface area contributed by atoms with Gasteiger partial charge in [0.15, 0.2) is 0 Å². The molecule has 4 nitrogen and oxygen atoms in total. The molecule has 0 amide bonds. The summed E-state index contributed by atoms with van der Waals surface area (Å²) >= 11 is 0. The number of hydrogen-bond donors (Lipinski definition) is 0. The number of halogens is 4. The second-order valence-electron chi connectivity index (χ2n) is 0.942. The van der Waals surface area contributed by atoms with E-state index < -0.39 is 15.1 Å². The Morgan fingerprint density at radius 3 is 0.923 bits per heavy atom. The van der Waals surface area contributed by atoms with Crippen LogP contribution in [0.4, 0.5) is 17.3 Å². The van der Waals surface area contributed by atoms with E-state index in [0.29, 0.717) is 0 Å². The minimum Gasteiger partial charge on any atom is -0.822 e. The van der Waals surface area contributed by atoms with E-state index in [4.69, 9.17) is 19.2 Å². The third kappa shape index (κ3) is 708. The van der Waals surface area contributed by atoms with Crippen molar-refractivity contribution in [2.75, 3.05) is 0 Å². The fourth-order valence-corrected chi connectivity index (χ4v) is 0. The van der Waals surface area contributed by atoms with Crippen LogP contribution in [-0.2, 0) is 21.6 Å². The van der Waals surface area contributed by atoms with Crippen molar-refractivity contribution in [2.45, 2.75) is 0 Å². The molecular weight excluding hydrogens is 252 g/mol. The normalized spacial score (nSPS) is 9.15. The largest absolute Gasteiger partial charge is 2.00 e. The quantitative estimate of drug-likeness (QED) is 0.243. The first-order chi connectivity index (χ1) is 4.00. The van der Waals surface area contributed by atoms with Crippen molar-refractivity contribution in [3.8, 4) is 0 Å². The molecule has 0 bridgehead atoms. The van der Waals surface area contributed by atoms with Crippen molar-refractivity contribution in [3.05, 3.63) is 0 Å². The van der Waals surface area contributed by atoms with Crippen LogP contribution < -0.4 is 52.4 Å². The standard InChI is InChI=1S/BF4.Fe.2Li.H3O4P/c2-1(3,4)5;;;;1-5(2,3)4/h;;;;(H3,1,2,3,4)/q-1;+2;2*+1;/p-3. The third-order valence-corrected chi connectivity index (χ3v) is 0. The van der Waals surface area contributed by atoms with Crippen molar-refractivity contribution in [1.29, 1.82) is 0 Å². The van der Waals surface area contributed by atoms with Crippen LogP contribution in [0.5, 0.6) is 0 Å². The molecule has 0 heterocycles. The monoisotopic (exact) mass is 252 g/mol. The van der Waals surface area contributed by atoms with Crippen molar-refractivity contribution < 1.29 is 91.3 Å². The zero-order chi connectivity index (χ0) is 9.00. The second-order valence-corrected chi connectivity index (χ2v) is 1.84. The first-order valence-electron chi connectivity index (χ1n) is 1.60. The maximum atomic E-state index is 9.75. The van der Waals surface area contributed by atoms with Gasteiger partial charge in [-0.3, -0.25) is 0 Å². The molecule has 0 N–H and O–H groups in total. The van der Waals surface area contributed by atoms with Crippen molar-refractivity contribution in [3.63, 3.8) is 0 Å². The number of rotatable bonds is 0. The summed E-state index contributed by atoms with van der Waals surface area (Å²) in [6.07, 6.45) is 0. The van der Waals surface area contributed by atoms with E-state index in [-0.39, 0.29) is 54.8 Å². The topological polar surface area (TPSA) is 86.2 Å². The molecule has 0 rings (SSSR count). The molecule has 13 heteroatoms. The van der Waals surface area contributed by atoms with Gasteiger partial charge in [-0.2, -0.15) is 7.82 Å². The summed E-state index contributed by atoms with van der Waals surface area (Å²) in [4.78, 5) is 25.6. The molecule has 0 aliphatic carbocycles. The first-order valence-corrected chi connectivity index (χ1v) is 3.06. The molecule has 0 saturated heterocycles. The Morgan fingerprint density at radius 1 is 0.923 bits per heavy atom. The molecule has 0 radical (unpaired) electrons. The fourth-order valence-electron chi connectivity index (χ4n) is 0. The van der Waals surface area contributed by atoms with Gasteiger partial charge in [-0.05, 0) is 0 Å². The smallest absolute Gasteiger partial charge is 0.822 e. The molecule has 0 saturated carbocycles. The van der Waals surface area contributed by atoms with Gasteiger partial charge in [0, 0.05) is 0 Å². The Bertz CT molecular complexity index is 122. The molecule has 0 aromatic carbocycles. The average Bonchev–Trinajstić information content (AvgIpc) is 1.12. The Balaban J connectivity index is -0.0000000267. The SMILES string of the molecule is F[B-](F)(F)F.O=P([O-])([O-])[O-].[Fe+2].[Li+].[Li+]. The van der Waals surface area contributed by atoms with E-state index in [1.165, 1.54) is 0 Å². The summed E-state index contributed by atoms with van der Waals surface area (Å²) in [6.45, 7) is 0. The minimum atomic E-state index is -6.00. The van der Waals surface area contributed by atoms with Crippen LogP contribution in [0.1, 0.15) is 0 Å². The van der Waals surface area contributed by atoms with Crippen LogP contribution in [0.3, 0.4) is 0 Å². The molecule has 0 aliphatic heterocycles. The predicted molar refractivity (Wildman–Crippen MR) is 17.8 cm³/mol. The summed E-state index contributed by atoms with van der Waals surface area (Å²) < 4.78 is 47.5. The van der Waals surface area contributed by atoms with Gasteiger partial charge in [0.1, 0.15) is 0 Å². The molecule has 13 heavy (non-hydrogen) atoms. The van der Waals surface area contributed by atoms with Crippen LogP contribution >= 0.6 is 7.82 Å². The zero-order valence-corrected chi connectivity index (χ0v) is 8.52. The Kier molecular flexibility index (Phi) is 26.3. The Labute approximate surface area is 106 Å². The van der Waals surface area contributed by atoms with E-state index in [9.17, 15) is 17.3 Å². The molecule has 0 fully saturated rings. The van der Waals surface area contributed by atoms with Gasteiger partial charge in [0.25, 0.3) is 0 Å². The van der Waals surface area contributed by atoms with Gasteiger partial charge < -0.3 is 36.5 Å². The van der Waals surface area contributed by atoms with E-state index >= 15 is 0 Å². The summed E-state index contributed by atoms with van der Waals surface area (Å²) in [5, 5.41) is 0. The first kappa shape index (κ1) is 29.3. The molecule has 0 spiro atoms. The van der Waals surface area contributed by atoms with Crippen LogP contribution in [0, 0.1) is 0 Å². The van der Waals surface area contributed by atoms with Crippen LogP contribution in [0.15, 0.2) is 0 Å². The summed E-state index contributed by atoms with van der Waals surface area (Å²) in [5.41, 5.74) is 0. The predicted octanol–water partition coefficient (Wildman–Crippen LogP) is -7.52. The van der Waals surface area contributed by atoms with Crippen LogP contribution in [0.25, 0.3) is 0 Å². The molecule has 0 aromatic rings. The summed E-state index contributed by atoms with van der Waals surface area (Å²) in [7, 11) is -11.4. The van der Waals surface area contributed by atoms with Crippen molar-refractivity contribution >= 4 is 15.1 Å². The Morgan fingerprint density at radius 2 is 0.923 bits per heavy atom. The van der Waals surface area contributed by atoms with E-state index in [1.54, 1.807) is 0 Å². The molecule has 0 unspecified atom stereocenters. The summed E-state index contributed by atoms with van der Waals surface area (Å²) in [5.74, 6) is 0. The van der Waals surface area contributed by atoms with Gasteiger partial charge in [0.2, 0.25) is 0 Å². The molecule has 0 aromatic heterocycles. The van der Waals surface area contributed by atoms with Gasteiger partial charge >= 0.3 is 62.0 Å². The van der Waals surface area contributed by atoms with E-state index in [0.717, 1.165) is 0 Å². The second kappa shape index (κ2) is 11.7. The fraction of sp³-hybridized carbons (Fsp3) is 0. The molecule has 70 valence electrons. The molecule has 0 atom stereocenters. The van der Waals surface area contributed by atoms with Crippen molar-refractivity contribution in [1.82, 2.24) is 0 Å². The molecule has 0 aliphatic rings. The zero-order valence-electron chi connectivity index (χ0n) is 6.52. The van der Waals surface area contributed by atoms with E-state index in [1.807, 2.05) is 0 Å². The van der Waals surface area contributed by atoms with Crippen molar-refractivity contribution in [2.24, 2.45) is 0 Å². The maximum Gasteiger partial charge on any atom is 2.00 e. The minimum absolute atomic E-state index is 0. The number of hydrogen-bond acceptors (Lipinski definition) is 4. The Hall–Kier alpha value is 1.61. The van der Waals surface area contributed by atoms with Gasteiger partial charge in [-0.25, -0.2) is 0 Å².